The van der Waals surface area contributed by atoms with Crippen molar-refractivity contribution in [3.63, 3.8) is 0 Å². The van der Waals surface area contributed by atoms with E-state index in [0.717, 1.165) is 0 Å². The summed E-state index contributed by atoms with van der Waals surface area (Å²) < 4.78 is 5.56. The number of anilines is 1. The van der Waals surface area contributed by atoms with Gasteiger partial charge in [-0.25, -0.2) is 0 Å². The molecule has 0 radical (unpaired) electrons. The van der Waals surface area contributed by atoms with Gasteiger partial charge in [0.05, 0.1) is 17.0 Å². The van der Waals surface area contributed by atoms with Crippen LogP contribution >= 0.6 is 11.6 Å². The zero-order chi connectivity index (χ0) is 17.0. The number of hydrogen-bond donors (Lipinski definition) is 1. The quantitative estimate of drug-likeness (QED) is 0.840. The van der Waals surface area contributed by atoms with E-state index in [1.54, 1.807) is 23.1 Å². The van der Waals surface area contributed by atoms with E-state index in [0.29, 0.717) is 36.0 Å². The number of likely N-dealkylation sites (tertiary alicyclic amines) is 1. The van der Waals surface area contributed by atoms with Crippen molar-refractivity contribution < 1.29 is 14.3 Å². The third kappa shape index (κ3) is 4.48. The van der Waals surface area contributed by atoms with Crippen LogP contribution in [0.5, 0.6) is 5.75 Å². The van der Waals surface area contributed by atoms with Crippen molar-refractivity contribution in [1.82, 2.24) is 4.90 Å². The molecule has 1 heterocycles. The molecule has 0 spiro atoms. The molecule has 2 rings (SSSR count). The molecule has 0 aromatic heterocycles. The fourth-order valence-corrected chi connectivity index (χ4v) is 2.70. The predicted octanol–water partition coefficient (Wildman–Crippen LogP) is 3.10. The van der Waals surface area contributed by atoms with Crippen molar-refractivity contribution in [1.29, 1.82) is 0 Å². The summed E-state index contributed by atoms with van der Waals surface area (Å²) in [5, 5.41) is 3.29. The molecule has 6 heteroatoms. The molecule has 1 aromatic rings. The van der Waals surface area contributed by atoms with Crippen LogP contribution in [0.1, 0.15) is 20.3 Å². The number of carbonyl (C=O) groups excluding carboxylic acids is 2. The molecular weight excluding hydrogens is 316 g/mol. The summed E-state index contributed by atoms with van der Waals surface area (Å²) in [4.78, 5) is 25.5. The van der Waals surface area contributed by atoms with E-state index in [1.807, 2.05) is 13.8 Å². The molecule has 0 aliphatic carbocycles. The minimum atomic E-state index is -0.218. The van der Waals surface area contributed by atoms with Crippen LogP contribution in [0.3, 0.4) is 0 Å². The zero-order valence-corrected chi connectivity index (χ0v) is 14.1. The van der Waals surface area contributed by atoms with E-state index in [4.69, 9.17) is 16.3 Å². The molecular formula is C17H21ClN2O3. The Morgan fingerprint density at radius 1 is 1.48 bits per heavy atom. The Balaban J connectivity index is 1.97. The topological polar surface area (TPSA) is 58.6 Å². The van der Waals surface area contributed by atoms with Crippen LogP contribution in [0.4, 0.5) is 5.69 Å². The molecule has 2 amide bonds. The summed E-state index contributed by atoms with van der Waals surface area (Å²) in [6.07, 6.45) is 1.95. The monoisotopic (exact) mass is 336 g/mol. The van der Waals surface area contributed by atoms with Crippen LogP contribution < -0.4 is 10.1 Å². The first-order valence-corrected chi connectivity index (χ1v) is 7.97. The van der Waals surface area contributed by atoms with Gasteiger partial charge in [-0.1, -0.05) is 18.2 Å². The maximum absolute atomic E-state index is 12.3. The number of halogens is 1. The first-order valence-electron chi connectivity index (χ1n) is 7.59. The lowest BCUT2D eigenvalue weighted by Crippen LogP contribution is -2.30. The number of nitrogens with zero attached hydrogens (tertiary/aromatic N) is 1. The molecule has 1 atom stereocenters. The van der Waals surface area contributed by atoms with Crippen molar-refractivity contribution >= 4 is 29.1 Å². The Kier molecular flexibility index (Phi) is 5.66. The lowest BCUT2D eigenvalue weighted by Gasteiger charge is -2.15. The Bertz CT molecular complexity index is 616. The van der Waals surface area contributed by atoms with Gasteiger partial charge in [0.1, 0.15) is 5.75 Å². The van der Waals surface area contributed by atoms with Crippen LogP contribution in [-0.2, 0) is 9.59 Å². The predicted molar refractivity (Wildman–Crippen MR) is 90.7 cm³/mol. The number of carbonyl (C=O) groups is 2. The molecule has 124 valence electrons. The third-order valence-electron chi connectivity index (χ3n) is 3.61. The van der Waals surface area contributed by atoms with Gasteiger partial charge in [0.25, 0.3) is 0 Å². The summed E-state index contributed by atoms with van der Waals surface area (Å²) in [5.41, 5.74) is 0.615. The molecule has 1 aliphatic heterocycles. The number of benzene rings is 1. The molecule has 23 heavy (non-hydrogen) atoms. The van der Waals surface area contributed by atoms with Crippen molar-refractivity contribution in [3.05, 3.63) is 35.9 Å². The molecule has 1 aliphatic rings. The van der Waals surface area contributed by atoms with E-state index < -0.39 is 0 Å². The summed E-state index contributed by atoms with van der Waals surface area (Å²) in [6.45, 7) is 8.29. The maximum Gasteiger partial charge on any atom is 0.245 e. The molecule has 1 aromatic carbocycles. The second-order valence-corrected chi connectivity index (χ2v) is 6.18. The molecule has 1 unspecified atom stereocenters. The molecule has 1 N–H and O–H groups in total. The second-order valence-electron chi connectivity index (χ2n) is 5.78. The van der Waals surface area contributed by atoms with Gasteiger partial charge in [0.15, 0.2) is 0 Å². The summed E-state index contributed by atoms with van der Waals surface area (Å²) >= 11 is 6.16. The molecule has 5 nitrogen and oxygen atoms in total. The van der Waals surface area contributed by atoms with Crippen molar-refractivity contribution in [3.8, 4) is 5.75 Å². The van der Waals surface area contributed by atoms with Crippen LogP contribution in [0, 0.1) is 5.92 Å². The van der Waals surface area contributed by atoms with Gasteiger partial charge >= 0.3 is 0 Å². The van der Waals surface area contributed by atoms with Gasteiger partial charge in [0, 0.05) is 18.8 Å². The highest BCUT2D eigenvalue weighted by Gasteiger charge is 2.30. The fourth-order valence-electron chi connectivity index (χ4n) is 2.48. The van der Waals surface area contributed by atoms with E-state index in [9.17, 15) is 9.59 Å². The summed E-state index contributed by atoms with van der Waals surface area (Å²) in [5.74, 6) is 0.115. The van der Waals surface area contributed by atoms with Gasteiger partial charge in [-0.3, -0.25) is 9.59 Å². The van der Waals surface area contributed by atoms with Gasteiger partial charge < -0.3 is 15.0 Å². The zero-order valence-electron chi connectivity index (χ0n) is 13.3. The van der Waals surface area contributed by atoms with E-state index >= 15 is 0 Å². The Labute approximate surface area is 141 Å². The molecule has 1 fully saturated rings. The maximum atomic E-state index is 12.3. The highest BCUT2D eigenvalue weighted by molar-refractivity contribution is 6.32. The highest BCUT2D eigenvalue weighted by Crippen LogP contribution is 2.29. The van der Waals surface area contributed by atoms with Crippen molar-refractivity contribution in [2.45, 2.75) is 26.4 Å². The standard InChI is InChI=1S/C17H21ClN2O3/c1-4-16(21)20-8-7-12(10-20)17(22)19-13-5-6-15(14(18)9-13)23-11(2)3/h4-6,9,11-12H,1,7-8,10H2,2-3H3,(H,19,22). The van der Waals surface area contributed by atoms with Gasteiger partial charge in [-0.2, -0.15) is 0 Å². The molecule has 1 saturated heterocycles. The summed E-state index contributed by atoms with van der Waals surface area (Å²) in [7, 11) is 0. The second kappa shape index (κ2) is 7.51. The van der Waals surface area contributed by atoms with E-state index in [1.165, 1.54) is 6.08 Å². The summed E-state index contributed by atoms with van der Waals surface area (Å²) in [6, 6.07) is 5.15. The average Bonchev–Trinajstić information content (AvgIpc) is 2.99. The minimum Gasteiger partial charge on any atom is -0.489 e. The van der Waals surface area contributed by atoms with Gasteiger partial charge in [0.2, 0.25) is 11.8 Å². The van der Waals surface area contributed by atoms with E-state index in [-0.39, 0.29) is 23.8 Å². The molecule has 0 saturated carbocycles. The first kappa shape index (κ1) is 17.3. The average molecular weight is 337 g/mol. The SMILES string of the molecule is C=CC(=O)N1CCC(C(=O)Nc2ccc(OC(C)C)c(Cl)c2)C1. The number of ether oxygens (including phenoxy) is 1. The number of hydrogen-bond acceptors (Lipinski definition) is 3. The number of amides is 2. The lowest BCUT2D eigenvalue weighted by atomic mass is 10.1. The number of rotatable bonds is 5. The van der Waals surface area contributed by atoms with Crippen LogP contribution in [-0.4, -0.2) is 35.9 Å². The Hall–Kier alpha value is -2.01. The lowest BCUT2D eigenvalue weighted by molar-refractivity contribution is -0.125. The van der Waals surface area contributed by atoms with Crippen molar-refractivity contribution in [2.75, 3.05) is 18.4 Å². The van der Waals surface area contributed by atoms with Crippen LogP contribution in [0.15, 0.2) is 30.9 Å². The first-order chi connectivity index (χ1) is 10.9. The number of nitrogens with one attached hydrogen (secondary N) is 1. The normalized spacial score (nSPS) is 17.2. The largest absolute Gasteiger partial charge is 0.489 e. The Morgan fingerprint density at radius 2 is 2.22 bits per heavy atom. The minimum absolute atomic E-state index is 0.0276. The van der Waals surface area contributed by atoms with E-state index in [2.05, 4.69) is 11.9 Å². The fraction of sp³-hybridized carbons (Fsp3) is 0.412. The van der Waals surface area contributed by atoms with Gasteiger partial charge in [-0.15, -0.1) is 0 Å². The van der Waals surface area contributed by atoms with Crippen molar-refractivity contribution in [2.24, 2.45) is 5.92 Å². The third-order valence-corrected chi connectivity index (χ3v) is 3.90. The molecule has 0 bridgehead atoms. The van der Waals surface area contributed by atoms with Crippen LogP contribution in [0.2, 0.25) is 5.02 Å². The van der Waals surface area contributed by atoms with Crippen LogP contribution in [0.25, 0.3) is 0 Å². The Morgan fingerprint density at radius 3 is 2.83 bits per heavy atom. The smallest absolute Gasteiger partial charge is 0.245 e. The van der Waals surface area contributed by atoms with Gasteiger partial charge in [-0.05, 0) is 44.5 Å². The highest BCUT2D eigenvalue weighted by atomic mass is 35.5.